The number of halogens is 1. The first kappa shape index (κ1) is 17.6. The number of carbonyl (C=O) groups excluding carboxylic acids is 3. The molecule has 3 rings (SSSR count). The van der Waals surface area contributed by atoms with Crippen LogP contribution in [0.3, 0.4) is 0 Å². The van der Waals surface area contributed by atoms with Crippen molar-refractivity contribution in [2.24, 2.45) is 17.6 Å². The molecule has 0 heterocycles. The first-order chi connectivity index (χ1) is 12.3. The summed E-state index contributed by atoms with van der Waals surface area (Å²) in [6.45, 7) is 2.01. The first-order valence-electron chi connectivity index (χ1n) is 8.17. The molecule has 0 spiro atoms. The molecule has 134 valence electrons. The van der Waals surface area contributed by atoms with E-state index in [0.29, 0.717) is 17.2 Å². The first-order valence-corrected chi connectivity index (χ1v) is 8.17. The van der Waals surface area contributed by atoms with E-state index in [1.807, 2.05) is 6.92 Å². The van der Waals surface area contributed by atoms with E-state index >= 15 is 0 Å². The number of anilines is 2. The van der Waals surface area contributed by atoms with Crippen molar-refractivity contribution >= 4 is 29.1 Å². The van der Waals surface area contributed by atoms with Crippen molar-refractivity contribution in [2.75, 3.05) is 10.6 Å². The summed E-state index contributed by atoms with van der Waals surface area (Å²) in [5, 5.41) is 5.37. The van der Waals surface area contributed by atoms with Crippen LogP contribution < -0.4 is 16.4 Å². The minimum atomic E-state index is -0.919. The van der Waals surface area contributed by atoms with Crippen LogP contribution in [0.15, 0.2) is 42.5 Å². The number of rotatable bonds is 5. The van der Waals surface area contributed by atoms with E-state index in [0.717, 1.165) is 12.5 Å². The molecular formula is C19H18FN3O3. The topological polar surface area (TPSA) is 101 Å². The van der Waals surface area contributed by atoms with Crippen molar-refractivity contribution in [3.63, 3.8) is 0 Å². The normalized spacial score (nSPS) is 18.1. The highest BCUT2D eigenvalue weighted by atomic mass is 19.1. The Labute approximate surface area is 149 Å². The number of nitrogens with two attached hydrogens (primary N) is 1. The summed E-state index contributed by atoms with van der Waals surface area (Å²) in [4.78, 5) is 35.6. The maximum absolute atomic E-state index is 13.5. The number of hydrogen-bond acceptors (Lipinski definition) is 3. The van der Waals surface area contributed by atoms with Crippen molar-refractivity contribution in [2.45, 2.75) is 13.3 Å². The van der Waals surface area contributed by atoms with Crippen LogP contribution in [0.2, 0.25) is 0 Å². The molecule has 1 saturated carbocycles. The summed E-state index contributed by atoms with van der Waals surface area (Å²) in [5.74, 6) is -1.77. The Morgan fingerprint density at radius 2 is 1.77 bits per heavy atom. The molecule has 7 heteroatoms. The molecule has 0 bridgehead atoms. The molecule has 0 aliphatic heterocycles. The van der Waals surface area contributed by atoms with Crippen LogP contribution in [0.25, 0.3) is 0 Å². The van der Waals surface area contributed by atoms with Gasteiger partial charge >= 0.3 is 0 Å². The minimum Gasteiger partial charge on any atom is -0.366 e. The number of amides is 3. The molecular weight excluding hydrogens is 337 g/mol. The standard InChI is InChI=1S/C19H18FN3O3/c1-10-7-14(10)19(26)23-12-4-2-3-11(8-12)18(25)22-13-5-6-16(20)15(9-13)17(21)24/h2-6,8-10,14H,7H2,1H3,(H2,21,24)(H,22,25)(H,23,26)/t10-,14+/m1/s1. The monoisotopic (exact) mass is 355 g/mol. The van der Waals surface area contributed by atoms with Gasteiger partial charge in [0.1, 0.15) is 5.82 Å². The third kappa shape index (κ3) is 3.88. The molecule has 2 aromatic rings. The van der Waals surface area contributed by atoms with Gasteiger partial charge in [0.25, 0.3) is 11.8 Å². The van der Waals surface area contributed by atoms with E-state index in [-0.39, 0.29) is 23.1 Å². The average molecular weight is 355 g/mol. The van der Waals surface area contributed by atoms with Crippen LogP contribution in [0.4, 0.5) is 15.8 Å². The maximum Gasteiger partial charge on any atom is 0.255 e. The van der Waals surface area contributed by atoms with Crippen LogP contribution >= 0.6 is 0 Å². The Hall–Kier alpha value is -3.22. The quantitative estimate of drug-likeness (QED) is 0.768. The zero-order valence-corrected chi connectivity index (χ0v) is 14.1. The lowest BCUT2D eigenvalue weighted by Crippen LogP contribution is -2.17. The third-order valence-corrected chi connectivity index (χ3v) is 4.33. The van der Waals surface area contributed by atoms with Crippen molar-refractivity contribution in [1.82, 2.24) is 0 Å². The van der Waals surface area contributed by atoms with E-state index in [2.05, 4.69) is 10.6 Å². The van der Waals surface area contributed by atoms with Crippen LogP contribution in [-0.2, 0) is 4.79 Å². The van der Waals surface area contributed by atoms with Crippen LogP contribution in [0.1, 0.15) is 34.1 Å². The molecule has 3 amide bonds. The summed E-state index contributed by atoms with van der Waals surface area (Å²) < 4.78 is 13.5. The van der Waals surface area contributed by atoms with E-state index in [9.17, 15) is 18.8 Å². The zero-order chi connectivity index (χ0) is 18.8. The molecule has 0 unspecified atom stereocenters. The Morgan fingerprint density at radius 1 is 1.08 bits per heavy atom. The second kappa shape index (κ2) is 6.95. The Bertz CT molecular complexity index is 897. The van der Waals surface area contributed by atoms with Gasteiger partial charge < -0.3 is 16.4 Å². The SMILES string of the molecule is C[C@@H]1C[C@@H]1C(=O)Nc1cccc(C(=O)Nc2ccc(F)c(C(N)=O)c2)c1. The van der Waals surface area contributed by atoms with Gasteiger partial charge in [-0.25, -0.2) is 4.39 Å². The molecule has 0 radical (unpaired) electrons. The lowest BCUT2D eigenvalue weighted by Gasteiger charge is -2.09. The summed E-state index contributed by atoms with van der Waals surface area (Å²) in [5.41, 5.74) is 5.88. The fourth-order valence-corrected chi connectivity index (χ4v) is 2.66. The average Bonchev–Trinajstić information content (AvgIpc) is 3.33. The maximum atomic E-state index is 13.5. The van der Waals surface area contributed by atoms with Crippen LogP contribution in [0, 0.1) is 17.7 Å². The number of primary amides is 1. The predicted molar refractivity (Wildman–Crippen MR) is 95.2 cm³/mol. The van der Waals surface area contributed by atoms with Crippen molar-refractivity contribution in [3.05, 3.63) is 59.4 Å². The third-order valence-electron chi connectivity index (χ3n) is 4.33. The molecule has 6 nitrogen and oxygen atoms in total. The molecule has 1 aliphatic carbocycles. The largest absolute Gasteiger partial charge is 0.366 e. The van der Waals surface area contributed by atoms with Gasteiger partial charge in [0.2, 0.25) is 5.91 Å². The molecule has 1 fully saturated rings. The van der Waals surface area contributed by atoms with E-state index in [4.69, 9.17) is 5.73 Å². The van der Waals surface area contributed by atoms with Crippen LogP contribution in [-0.4, -0.2) is 17.7 Å². The smallest absolute Gasteiger partial charge is 0.255 e. The van der Waals surface area contributed by atoms with Gasteiger partial charge in [0.05, 0.1) is 5.56 Å². The molecule has 0 saturated heterocycles. The number of carbonyl (C=O) groups is 3. The van der Waals surface area contributed by atoms with Crippen molar-refractivity contribution in [3.8, 4) is 0 Å². The second-order valence-corrected chi connectivity index (χ2v) is 6.40. The van der Waals surface area contributed by atoms with Gasteiger partial charge in [-0.3, -0.25) is 14.4 Å². The fourth-order valence-electron chi connectivity index (χ4n) is 2.66. The van der Waals surface area contributed by atoms with Gasteiger partial charge in [0, 0.05) is 22.9 Å². The highest BCUT2D eigenvalue weighted by molar-refractivity contribution is 6.06. The van der Waals surface area contributed by atoms with Gasteiger partial charge in [-0.05, 0) is 48.7 Å². The molecule has 0 aromatic heterocycles. The lowest BCUT2D eigenvalue weighted by atomic mass is 10.1. The summed E-state index contributed by atoms with van der Waals surface area (Å²) >= 11 is 0. The molecule has 2 aromatic carbocycles. The molecule has 26 heavy (non-hydrogen) atoms. The number of hydrogen-bond donors (Lipinski definition) is 3. The van der Waals surface area contributed by atoms with E-state index in [1.54, 1.807) is 24.3 Å². The second-order valence-electron chi connectivity index (χ2n) is 6.40. The summed E-state index contributed by atoms with van der Waals surface area (Å²) in [6, 6.07) is 10.1. The number of benzene rings is 2. The van der Waals surface area contributed by atoms with Gasteiger partial charge in [-0.1, -0.05) is 13.0 Å². The van der Waals surface area contributed by atoms with Gasteiger partial charge in [0.15, 0.2) is 0 Å². The zero-order valence-electron chi connectivity index (χ0n) is 14.1. The summed E-state index contributed by atoms with van der Waals surface area (Å²) in [6.07, 6.45) is 0.874. The van der Waals surface area contributed by atoms with Crippen LogP contribution in [0.5, 0.6) is 0 Å². The van der Waals surface area contributed by atoms with Gasteiger partial charge in [-0.2, -0.15) is 0 Å². The minimum absolute atomic E-state index is 0.0268. The highest BCUT2D eigenvalue weighted by Gasteiger charge is 2.39. The van der Waals surface area contributed by atoms with Gasteiger partial charge in [-0.15, -0.1) is 0 Å². The lowest BCUT2D eigenvalue weighted by molar-refractivity contribution is -0.117. The Balaban J connectivity index is 1.72. The number of nitrogens with one attached hydrogen (secondary N) is 2. The molecule has 2 atom stereocenters. The molecule has 4 N–H and O–H groups in total. The summed E-state index contributed by atoms with van der Waals surface area (Å²) in [7, 11) is 0. The predicted octanol–water partition coefficient (Wildman–Crippen LogP) is 2.77. The Kier molecular flexibility index (Phi) is 4.71. The van der Waals surface area contributed by atoms with E-state index < -0.39 is 17.6 Å². The fraction of sp³-hybridized carbons (Fsp3) is 0.211. The van der Waals surface area contributed by atoms with E-state index in [1.165, 1.54) is 12.1 Å². The Morgan fingerprint density at radius 3 is 2.42 bits per heavy atom. The highest BCUT2D eigenvalue weighted by Crippen LogP contribution is 2.38. The van der Waals surface area contributed by atoms with Crippen molar-refractivity contribution < 1.29 is 18.8 Å². The van der Waals surface area contributed by atoms with Crippen molar-refractivity contribution in [1.29, 1.82) is 0 Å². The molecule has 1 aliphatic rings.